The number of carbonyl (C=O) groups excluding carboxylic acids is 7. The van der Waals surface area contributed by atoms with Crippen molar-refractivity contribution in [1.82, 2.24) is 20.9 Å². The van der Waals surface area contributed by atoms with Gasteiger partial charge in [-0.1, -0.05) is 26.0 Å². The molecule has 308 valence electrons. The normalized spacial score (nSPS) is 17.5. The Kier molecular flexibility index (Phi) is 15.1. The summed E-state index contributed by atoms with van der Waals surface area (Å²) < 4.78 is 76.6. The molecule has 57 heavy (non-hydrogen) atoms. The summed E-state index contributed by atoms with van der Waals surface area (Å²) in [7, 11) is 0. The molecule has 2 aliphatic rings. The number of amides is 7. The molecular formula is C37H41F5N6O9. The van der Waals surface area contributed by atoms with E-state index in [9.17, 15) is 55.5 Å². The number of hydrogen-bond donors (Lipinski definition) is 5. The fraction of sp³-hybridized carbons (Fsp3) is 0.432. The standard InChI is InChI=1S/C37H41F5N6O9/c1-18(2)31(47-33(51)21-9-5-19(6-10-21)16-48-24(49)13-14-25(48)50)35(53)46-23(4-3-15-44-36(43)54)34(52)45-22-11-7-20(8-12-22)17-56-37(55)57-32-29(41)27(39)26(38)28(40)30(32)42/h7-8,11-14,18-19,21,23,31H,3-6,9-10,15-17H2,1-2H3,(H,45,52)(H,46,53)(H,47,51)(H3,43,44,54)/t19?,21?,23-,31-/m0/s1. The number of nitrogens with one attached hydrogen (secondary N) is 4. The summed E-state index contributed by atoms with van der Waals surface area (Å²) >= 11 is 0. The molecule has 7 amide bonds. The molecule has 2 aromatic rings. The Morgan fingerprint density at radius 1 is 0.825 bits per heavy atom. The van der Waals surface area contributed by atoms with E-state index in [1.807, 2.05) is 0 Å². The van der Waals surface area contributed by atoms with Gasteiger partial charge >= 0.3 is 12.2 Å². The van der Waals surface area contributed by atoms with Crippen LogP contribution in [0.4, 0.5) is 37.2 Å². The van der Waals surface area contributed by atoms with Crippen LogP contribution in [0.3, 0.4) is 0 Å². The third kappa shape index (κ3) is 11.7. The number of urea groups is 1. The number of halogens is 5. The van der Waals surface area contributed by atoms with Crippen LogP contribution in [0.25, 0.3) is 0 Å². The van der Waals surface area contributed by atoms with E-state index in [1.54, 1.807) is 13.8 Å². The molecule has 6 N–H and O–H groups in total. The van der Waals surface area contributed by atoms with Gasteiger partial charge in [-0.3, -0.25) is 28.9 Å². The van der Waals surface area contributed by atoms with Gasteiger partial charge in [-0.05, 0) is 68.1 Å². The van der Waals surface area contributed by atoms with Crippen LogP contribution in [0, 0.1) is 46.8 Å². The predicted octanol–water partition coefficient (Wildman–Crippen LogP) is 3.84. The number of hydrogen-bond acceptors (Lipinski definition) is 9. The van der Waals surface area contributed by atoms with Gasteiger partial charge in [-0.2, -0.15) is 8.78 Å². The van der Waals surface area contributed by atoms with Gasteiger partial charge in [0.2, 0.25) is 52.6 Å². The maximum atomic E-state index is 13.8. The minimum atomic E-state index is -2.44. The Bertz CT molecular complexity index is 1860. The van der Waals surface area contributed by atoms with E-state index in [2.05, 4.69) is 26.0 Å². The maximum absolute atomic E-state index is 13.8. The summed E-state index contributed by atoms with van der Waals surface area (Å²) in [5.74, 6) is -16.8. The Morgan fingerprint density at radius 2 is 1.40 bits per heavy atom. The van der Waals surface area contributed by atoms with Gasteiger partial charge in [-0.15, -0.1) is 0 Å². The van der Waals surface area contributed by atoms with E-state index < -0.39 is 89.4 Å². The van der Waals surface area contributed by atoms with Gasteiger partial charge < -0.3 is 36.5 Å². The van der Waals surface area contributed by atoms with Crippen molar-refractivity contribution in [2.75, 3.05) is 18.4 Å². The molecule has 0 saturated heterocycles. The number of rotatable bonds is 16. The van der Waals surface area contributed by atoms with Crippen molar-refractivity contribution in [1.29, 1.82) is 0 Å². The van der Waals surface area contributed by atoms with Gasteiger partial charge in [0.1, 0.15) is 18.7 Å². The number of ether oxygens (including phenoxy) is 2. The van der Waals surface area contributed by atoms with E-state index in [-0.39, 0.29) is 60.8 Å². The number of carbonyl (C=O) groups is 7. The molecule has 0 unspecified atom stereocenters. The number of imide groups is 1. The van der Waals surface area contributed by atoms with Crippen LogP contribution in [-0.2, 0) is 35.3 Å². The summed E-state index contributed by atoms with van der Waals surface area (Å²) in [5.41, 5.74) is 5.59. The van der Waals surface area contributed by atoms with Crippen molar-refractivity contribution in [3.8, 4) is 5.75 Å². The van der Waals surface area contributed by atoms with Crippen molar-refractivity contribution in [2.24, 2.45) is 23.5 Å². The molecule has 1 aliphatic carbocycles. The predicted molar refractivity (Wildman–Crippen MR) is 189 cm³/mol. The summed E-state index contributed by atoms with van der Waals surface area (Å²) in [6.45, 7) is 3.21. The fourth-order valence-electron chi connectivity index (χ4n) is 6.17. The third-order valence-corrected chi connectivity index (χ3v) is 9.34. The van der Waals surface area contributed by atoms with Crippen LogP contribution in [-0.4, -0.2) is 71.8 Å². The second-order valence-electron chi connectivity index (χ2n) is 13.8. The second-order valence-corrected chi connectivity index (χ2v) is 13.8. The van der Waals surface area contributed by atoms with E-state index >= 15 is 0 Å². The molecule has 4 rings (SSSR count). The average molecular weight is 809 g/mol. The molecule has 0 aromatic heterocycles. The van der Waals surface area contributed by atoms with Crippen LogP contribution < -0.4 is 31.7 Å². The number of nitrogens with zero attached hydrogens (tertiary/aromatic N) is 1. The molecule has 1 saturated carbocycles. The highest BCUT2D eigenvalue weighted by atomic mass is 19.2. The lowest BCUT2D eigenvalue weighted by Gasteiger charge is -2.31. The molecule has 15 nitrogen and oxygen atoms in total. The van der Waals surface area contributed by atoms with Crippen LogP contribution in [0.5, 0.6) is 5.75 Å². The summed E-state index contributed by atoms with van der Waals surface area (Å²) in [4.78, 5) is 88.5. The first kappa shape index (κ1) is 43.6. The molecule has 2 atom stereocenters. The Balaban J connectivity index is 1.33. The summed E-state index contributed by atoms with van der Waals surface area (Å²) in [6.07, 6.45) is 3.09. The smallest absolute Gasteiger partial charge is 0.429 e. The van der Waals surface area contributed by atoms with Crippen LogP contribution >= 0.6 is 0 Å². The maximum Gasteiger partial charge on any atom is 0.514 e. The monoisotopic (exact) mass is 808 g/mol. The molecule has 1 heterocycles. The Hall–Kier alpha value is -6.08. The van der Waals surface area contributed by atoms with Crippen molar-refractivity contribution in [3.63, 3.8) is 0 Å². The Morgan fingerprint density at radius 3 is 1.96 bits per heavy atom. The molecule has 2 aromatic carbocycles. The number of benzene rings is 2. The van der Waals surface area contributed by atoms with Crippen LogP contribution in [0.2, 0.25) is 0 Å². The van der Waals surface area contributed by atoms with Crippen molar-refractivity contribution in [3.05, 3.63) is 71.1 Å². The molecule has 0 bridgehead atoms. The third-order valence-electron chi connectivity index (χ3n) is 9.34. The SMILES string of the molecule is CC(C)[C@H](NC(=O)C1CCC(CN2C(=O)C=CC2=O)CC1)C(=O)N[C@@H](CCCNC(N)=O)C(=O)Nc1ccc(COC(=O)Oc2c(F)c(F)c(F)c(F)c2F)cc1. The lowest BCUT2D eigenvalue weighted by atomic mass is 9.81. The van der Waals surface area contributed by atoms with Gasteiger partial charge in [0, 0.05) is 36.8 Å². The lowest BCUT2D eigenvalue weighted by Crippen LogP contribution is -2.55. The second kappa shape index (κ2) is 19.7. The first-order valence-electron chi connectivity index (χ1n) is 17.9. The number of primary amides is 1. The van der Waals surface area contributed by atoms with Crippen LogP contribution in [0.1, 0.15) is 57.9 Å². The summed E-state index contributed by atoms with van der Waals surface area (Å²) in [6, 6.07) is 2.51. The summed E-state index contributed by atoms with van der Waals surface area (Å²) in [5, 5.41) is 10.5. The van der Waals surface area contributed by atoms with Crippen molar-refractivity contribution in [2.45, 2.75) is 71.1 Å². The van der Waals surface area contributed by atoms with Crippen LogP contribution in [0.15, 0.2) is 36.4 Å². The molecular weight excluding hydrogens is 767 g/mol. The zero-order chi connectivity index (χ0) is 42.0. The molecule has 1 aliphatic heterocycles. The Labute approximate surface area is 322 Å². The van der Waals surface area contributed by atoms with E-state index in [1.165, 1.54) is 41.3 Å². The highest BCUT2D eigenvalue weighted by Crippen LogP contribution is 2.31. The van der Waals surface area contributed by atoms with Crippen molar-refractivity contribution >= 4 is 47.4 Å². The minimum absolute atomic E-state index is 0.0370. The fourth-order valence-corrected chi connectivity index (χ4v) is 6.17. The van der Waals surface area contributed by atoms with Crippen molar-refractivity contribution < 1.29 is 65.0 Å². The quantitative estimate of drug-likeness (QED) is 0.0316. The van der Waals surface area contributed by atoms with Gasteiger partial charge in [0.05, 0.1) is 0 Å². The highest BCUT2D eigenvalue weighted by molar-refractivity contribution is 6.12. The van der Waals surface area contributed by atoms with E-state index in [4.69, 9.17) is 10.5 Å². The zero-order valence-electron chi connectivity index (χ0n) is 30.8. The van der Waals surface area contributed by atoms with Gasteiger partial charge in [0.25, 0.3) is 11.8 Å². The number of anilines is 1. The molecule has 0 radical (unpaired) electrons. The van der Waals surface area contributed by atoms with Gasteiger partial charge in [0.15, 0.2) is 0 Å². The molecule has 0 spiro atoms. The topological polar surface area (TPSA) is 215 Å². The molecule has 20 heteroatoms. The minimum Gasteiger partial charge on any atom is -0.429 e. The first-order chi connectivity index (χ1) is 27.0. The largest absolute Gasteiger partial charge is 0.514 e. The van der Waals surface area contributed by atoms with E-state index in [0.717, 1.165) is 0 Å². The average Bonchev–Trinajstić information content (AvgIpc) is 3.49. The van der Waals surface area contributed by atoms with E-state index in [0.29, 0.717) is 25.7 Å². The van der Waals surface area contributed by atoms with Gasteiger partial charge in [-0.25, -0.2) is 22.8 Å². The number of nitrogens with two attached hydrogens (primary N) is 1. The zero-order valence-corrected chi connectivity index (χ0v) is 30.8. The lowest BCUT2D eigenvalue weighted by molar-refractivity contribution is -0.138. The molecule has 1 fully saturated rings. The highest BCUT2D eigenvalue weighted by Gasteiger charge is 2.35. The first-order valence-corrected chi connectivity index (χ1v) is 17.9.